The minimum Gasteiger partial charge on any atom is -0.314 e. The maximum atomic E-state index is 3.62. The first-order valence-corrected chi connectivity index (χ1v) is 8.36. The molecule has 0 unspecified atom stereocenters. The van der Waals surface area contributed by atoms with Gasteiger partial charge in [-0.25, -0.2) is 0 Å². The summed E-state index contributed by atoms with van der Waals surface area (Å²) in [4.78, 5) is 2.57. The van der Waals surface area contributed by atoms with E-state index in [9.17, 15) is 0 Å². The Hall–Kier alpha value is -0.860. The Kier molecular flexibility index (Phi) is 6.55. The highest BCUT2D eigenvalue weighted by atomic mass is 15.1. The molecule has 0 heterocycles. The van der Waals surface area contributed by atoms with Crippen molar-refractivity contribution in [3.8, 4) is 0 Å². The molecule has 0 aromatic heterocycles. The first-order valence-electron chi connectivity index (χ1n) is 8.36. The minimum absolute atomic E-state index is 0.818. The Morgan fingerprint density at radius 3 is 2.55 bits per heavy atom. The van der Waals surface area contributed by atoms with Crippen LogP contribution in [0, 0.1) is 0 Å². The molecule has 1 aliphatic carbocycles. The predicted molar refractivity (Wildman–Crippen MR) is 87.0 cm³/mol. The SMILES string of the molecule is CCCCN(CC)Cc1ccccc1CCNC1CC1. The van der Waals surface area contributed by atoms with Crippen molar-refractivity contribution in [2.75, 3.05) is 19.6 Å². The Morgan fingerprint density at radius 2 is 1.90 bits per heavy atom. The van der Waals surface area contributed by atoms with Gasteiger partial charge in [-0.3, -0.25) is 4.90 Å². The topological polar surface area (TPSA) is 15.3 Å². The van der Waals surface area contributed by atoms with E-state index in [2.05, 4.69) is 48.3 Å². The van der Waals surface area contributed by atoms with Crippen molar-refractivity contribution in [2.24, 2.45) is 0 Å². The molecular weight excluding hydrogens is 244 g/mol. The molecule has 0 saturated heterocycles. The van der Waals surface area contributed by atoms with E-state index in [-0.39, 0.29) is 0 Å². The van der Waals surface area contributed by atoms with Crippen LogP contribution in [-0.2, 0) is 13.0 Å². The summed E-state index contributed by atoms with van der Waals surface area (Å²) in [5.74, 6) is 0. The number of hydrogen-bond acceptors (Lipinski definition) is 2. The summed E-state index contributed by atoms with van der Waals surface area (Å²) >= 11 is 0. The molecule has 2 rings (SSSR count). The molecule has 0 amide bonds. The Balaban J connectivity index is 1.87. The zero-order chi connectivity index (χ0) is 14.2. The molecule has 1 aromatic rings. The average Bonchev–Trinajstić information content (AvgIpc) is 3.29. The van der Waals surface area contributed by atoms with Crippen molar-refractivity contribution in [3.05, 3.63) is 35.4 Å². The first kappa shape index (κ1) is 15.5. The third kappa shape index (κ3) is 5.26. The lowest BCUT2D eigenvalue weighted by Crippen LogP contribution is -2.25. The summed E-state index contributed by atoms with van der Waals surface area (Å²) < 4.78 is 0. The van der Waals surface area contributed by atoms with Gasteiger partial charge in [-0.2, -0.15) is 0 Å². The fraction of sp³-hybridized carbons (Fsp3) is 0.667. The van der Waals surface area contributed by atoms with Crippen LogP contribution in [0.1, 0.15) is 50.7 Å². The van der Waals surface area contributed by atoms with E-state index < -0.39 is 0 Å². The molecule has 1 saturated carbocycles. The average molecular weight is 274 g/mol. The van der Waals surface area contributed by atoms with Crippen LogP contribution in [0.4, 0.5) is 0 Å². The number of nitrogens with zero attached hydrogens (tertiary/aromatic N) is 1. The molecule has 20 heavy (non-hydrogen) atoms. The second kappa shape index (κ2) is 8.43. The molecular formula is C18H30N2. The van der Waals surface area contributed by atoms with E-state index in [1.807, 2.05) is 0 Å². The number of benzene rings is 1. The van der Waals surface area contributed by atoms with Crippen LogP contribution in [0.2, 0.25) is 0 Å². The lowest BCUT2D eigenvalue weighted by atomic mass is 10.0. The Labute approximate surface area is 124 Å². The van der Waals surface area contributed by atoms with Gasteiger partial charge < -0.3 is 5.32 Å². The molecule has 2 nitrogen and oxygen atoms in total. The summed E-state index contributed by atoms with van der Waals surface area (Å²) in [6.07, 6.45) is 6.51. The monoisotopic (exact) mass is 274 g/mol. The lowest BCUT2D eigenvalue weighted by Gasteiger charge is -2.22. The molecule has 1 aliphatic rings. The van der Waals surface area contributed by atoms with Gasteiger partial charge in [-0.15, -0.1) is 0 Å². The van der Waals surface area contributed by atoms with Crippen LogP contribution >= 0.6 is 0 Å². The smallest absolute Gasteiger partial charge is 0.0236 e. The maximum absolute atomic E-state index is 3.62. The van der Waals surface area contributed by atoms with Crippen molar-refractivity contribution >= 4 is 0 Å². The fourth-order valence-electron chi connectivity index (χ4n) is 2.63. The molecule has 0 bridgehead atoms. The van der Waals surface area contributed by atoms with Crippen LogP contribution in [0.3, 0.4) is 0 Å². The van der Waals surface area contributed by atoms with E-state index in [1.165, 1.54) is 43.4 Å². The van der Waals surface area contributed by atoms with Gasteiger partial charge in [0.05, 0.1) is 0 Å². The number of rotatable bonds is 10. The van der Waals surface area contributed by atoms with Crippen molar-refractivity contribution in [1.29, 1.82) is 0 Å². The summed E-state index contributed by atoms with van der Waals surface area (Å²) in [6, 6.07) is 9.79. The van der Waals surface area contributed by atoms with Crippen LogP contribution in [-0.4, -0.2) is 30.6 Å². The number of hydrogen-bond donors (Lipinski definition) is 1. The van der Waals surface area contributed by atoms with E-state index in [4.69, 9.17) is 0 Å². The second-order valence-electron chi connectivity index (χ2n) is 5.97. The van der Waals surface area contributed by atoms with Gasteiger partial charge in [0.1, 0.15) is 0 Å². The van der Waals surface area contributed by atoms with Gasteiger partial charge in [-0.05, 0) is 56.4 Å². The van der Waals surface area contributed by atoms with Crippen LogP contribution < -0.4 is 5.32 Å². The quantitative estimate of drug-likeness (QED) is 0.701. The molecule has 0 radical (unpaired) electrons. The summed E-state index contributed by atoms with van der Waals surface area (Å²) in [6.45, 7) is 9.15. The first-order chi connectivity index (χ1) is 9.83. The highest BCUT2D eigenvalue weighted by molar-refractivity contribution is 5.27. The van der Waals surface area contributed by atoms with Gasteiger partial charge >= 0.3 is 0 Å². The van der Waals surface area contributed by atoms with Crippen LogP contribution in [0.5, 0.6) is 0 Å². The predicted octanol–water partition coefficient (Wildman–Crippen LogP) is 3.60. The Morgan fingerprint density at radius 1 is 1.15 bits per heavy atom. The van der Waals surface area contributed by atoms with E-state index >= 15 is 0 Å². The van der Waals surface area contributed by atoms with Gasteiger partial charge in [-0.1, -0.05) is 44.5 Å². The molecule has 112 valence electrons. The normalized spacial score (nSPS) is 14.9. The van der Waals surface area contributed by atoms with Crippen molar-refractivity contribution in [1.82, 2.24) is 10.2 Å². The second-order valence-corrected chi connectivity index (χ2v) is 5.97. The largest absolute Gasteiger partial charge is 0.314 e. The summed E-state index contributed by atoms with van der Waals surface area (Å²) in [5.41, 5.74) is 3.04. The fourth-order valence-corrected chi connectivity index (χ4v) is 2.63. The lowest BCUT2D eigenvalue weighted by molar-refractivity contribution is 0.274. The van der Waals surface area contributed by atoms with E-state index in [0.29, 0.717) is 0 Å². The van der Waals surface area contributed by atoms with Crippen LogP contribution in [0.25, 0.3) is 0 Å². The maximum Gasteiger partial charge on any atom is 0.0236 e. The highest BCUT2D eigenvalue weighted by Crippen LogP contribution is 2.19. The van der Waals surface area contributed by atoms with E-state index in [1.54, 1.807) is 0 Å². The zero-order valence-corrected chi connectivity index (χ0v) is 13.2. The summed E-state index contributed by atoms with van der Waals surface area (Å²) in [7, 11) is 0. The van der Waals surface area contributed by atoms with Crippen molar-refractivity contribution in [3.63, 3.8) is 0 Å². The molecule has 1 aromatic carbocycles. The van der Waals surface area contributed by atoms with Gasteiger partial charge in [0.15, 0.2) is 0 Å². The summed E-state index contributed by atoms with van der Waals surface area (Å²) in [5, 5.41) is 3.62. The molecule has 1 fully saturated rings. The zero-order valence-electron chi connectivity index (χ0n) is 13.2. The third-order valence-electron chi connectivity index (χ3n) is 4.19. The van der Waals surface area contributed by atoms with Crippen molar-refractivity contribution in [2.45, 2.75) is 58.5 Å². The standard InChI is InChI=1S/C18H30N2/c1-3-5-14-20(4-2)15-17-9-7-6-8-16(17)12-13-19-18-10-11-18/h6-9,18-19H,3-5,10-15H2,1-2H3. The third-order valence-corrected chi connectivity index (χ3v) is 4.19. The number of unbranched alkanes of at least 4 members (excludes halogenated alkanes) is 1. The van der Waals surface area contributed by atoms with Gasteiger partial charge in [0.2, 0.25) is 0 Å². The molecule has 0 aliphatic heterocycles. The molecule has 0 atom stereocenters. The van der Waals surface area contributed by atoms with Crippen molar-refractivity contribution < 1.29 is 0 Å². The molecule has 1 N–H and O–H groups in total. The van der Waals surface area contributed by atoms with Gasteiger partial charge in [0.25, 0.3) is 0 Å². The van der Waals surface area contributed by atoms with Gasteiger partial charge in [0, 0.05) is 12.6 Å². The minimum atomic E-state index is 0.818. The number of nitrogens with one attached hydrogen (secondary N) is 1. The van der Waals surface area contributed by atoms with Crippen LogP contribution in [0.15, 0.2) is 24.3 Å². The van der Waals surface area contributed by atoms with E-state index in [0.717, 1.165) is 32.1 Å². The molecule has 0 spiro atoms. The highest BCUT2D eigenvalue weighted by Gasteiger charge is 2.19. The Bertz CT molecular complexity index is 385. The molecule has 2 heteroatoms.